The minimum absolute atomic E-state index is 0.433. The maximum absolute atomic E-state index is 5.30. The first-order valence-corrected chi connectivity index (χ1v) is 6.18. The van der Waals surface area contributed by atoms with Crippen LogP contribution >= 0.6 is 0 Å². The fraction of sp³-hybridized carbons (Fsp3) is 0. The fourth-order valence-electron chi connectivity index (χ4n) is 1.53. The molecule has 1 heterocycles. The van der Waals surface area contributed by atoms with Gasteiger partial charge in [-0.15, -0.1) is 0 Å². The molecular weight excluding hydrogens is 278 g/mol. The average molecular weight is 285 g/mol. The van der Waals surface area contributed by atoms with E-state index in [1.165, 1.54) is 20.1 Å². The Morgan fingerprint density at radius 1 is 1.08 bits per heavy atom. The predicted octanol–water partition coefficient (Wildman–Crippen LogP) is 1.44. The van der Waals surface area contributed by atoms with Gasteiger partial charge in [-0.2, -0.15) is 0 Å². The Bertz CT molecular complexity index is 469. The molecule has 64 valence electrons. The summed E-state index contributed by atoms with van der Waals surface area (Å²) in [6, 6.07) is 12.7. The normalized spacial score (nSPS) is 14.2. The molecule has 0 spiro atoms. The van der Waals surface area contributed by atoms with Crippen LogP contribution in [0.25, 0.3) is 10.8 Å². The zero-order chi connectivity index (χ0) is 8.67. The van der Waals surface area contributed by atoms with E-state index in [1.54, 1.807) is 0 Å². The van der Waals surface area contributed by atoms with Gasteiger partial charge in [-0.05, 0) is 0 Å². The van der Waals surface area contributed by atoms with Crippen molar-refractivity contribution in [2.45, 2.75) is 0 Å². The number of rotatable bonds is 0. The first-order chi connectivity index (χ1) is 6.45. The molecule has 0 fully saturated rings. The van der Waals surface area contributed by atoms with Gasteiger partial charge in [-0.1, -0.05) is 0 Å². The summed E-state index contributed by atoms with van der Waals surface area (Å²) in [6.45, 7) is 0. The van der Waals surface area contributed by atoms with Crippen LogP contribution in [0.3, 0.4) is 0 Å². The topological polar surface area (TPSA) is 21.3 Å². The molecule has 2 nitrogen and oxygen atoms in total. The molecule has 3 rings (SSSR count). The zero-order valence-electron chi connectivity index (χ0n) is 6.78. The Morgan fingerprint density at radius 3 is 3.00 bits per heavy atom. The van der Waals surface area contributed by atoms with Gasteiger partial charge in [0.15, 0.2) is 0 Å². The van der Waals surface area contributed by atoms with Crippen molar-refractivity contribution in [2.24, 2.45) is 0 Å². The van der Waals surface area contributed by atoms with E-state index in [-0.39, 0.29) is 0 Å². The maximum atomic E-state index is 5.30. The molecule has 1 aliphatic rings. The van der Waals surface area contributed by atoms with Gasteiger partial charge in [0.1, 0.15) is 0 Å². The molecule has 0 bridgehead atoms. The van der Waals surface area contributed by atoms with Crippen molar-refractivity contribution in [3.63, 3.8) is 0 Å². The second-order valence-corrected chi connectivity index (χ2v) is 5.14. The Morgan fingerprint density at radius 2 is 2.00 bits per heavy atom. The molecule has 0 aromatic heterocycles. The molecule has 0 radical (unpaired) electrons. The van der Waals surface area contributed by atoms with Crippen LogP contribution in [0.15, 0.2) is 36.4 Å². The quantitative estimate of drug-likeness (QED) is 0.739. The van der Waals surface area contributed by atoms with Crippen molar-refractivity contribution in [3.05, 3.63) is 36.4 Å². The number of benzene rings is 2. The Hall–Kier alpha value is -0.750. The van der Waals surface area contributed by atoms with E-state index in [4.69, 9.17) is 3.20 Å². The van der Waals surface area contributed by atoms with Crippen molar-refractivity contribution >= 4 is 41.4 Å². The van der Waals surface area contributed by atoms with Crippen LogP contribution < -0.4 is 9.09 Å². The van der Waals surface area contributed by atoms with E-state index in [0.29, 0.717) is 0 Å². The third-order valence-electron chi connectivity index (χ3n) is 2.17. The monoisotopic (exact) mass is 287 g/mol. The van der Waals surface area contributed by atoms with Crippen LogP contribution in [-0.4, -0.2) is 21.3 Å². The molecule has 2 aromatic carbocycles. The van der Waals surface area contributed by atoms with Crippen LogP contribution in [0.5, 0.6) is 0 Å². The van der Waals surface area contributed by atoms with E-state index in [2.05, 4.69) is 41.9 Å². The third kappa shape index (κ3) is 1.12. The summed E-state index contributed by atoms with van der Waals surface area (Å²) in [7, 11) is 0. The Labute approximate surface area is 86.5 Å². The number of hydrogen-bond donors (Lipinski definition) is 1. The van der Waals surface area contributed by atoms with Gasteiger partial charge in [0.05, 0.1) is 0 Å². The van der Waals surface area contributed by atoms with Gasteiger partial charge in [0.25, 0.3) is 0 Å². The summed E-state index contributed by atoms with van der Waals surface area (Å²) in [6.07, 6.45) is 0. The number of anilines is 1. The first-order valence-electron chi connectivity index (χ1n) is 4.06. The van der Waals surface area contributed by atoms with Crippen LogP contribution in [0.2, 0.25) is 0 Å². The second-order valence-electron chi connectivity index (χ2n) is 2.93. The van der Waals surface area contributed by atoms with E-state index in [1.807, 2.05) is 0 Å². The molecule has 3 heteroatoms. The van der Waals surface area contributed by atoms with Crippen LogP contribution in [0.1, 0.15) is 0 Å². The van der Waals surface area contributed by atoms with Gasteiger partial charge in [-0.3, -0.25) is 0 Å². The molecule has 0 unspecified atom stereocenters. The molecule has 2 aromatic rings. The van der Waals surface area contributed by atoms with E-state index in [9.17, 15) is 0 Å². The van der Waals surface area contributed by atoms with E-state index < -0.39 is 21.3 Å². The van der Waals surface area contributed by atoms with Crippen molar-refractivity contribution in [3.8, 4) is 0 Å². The summed E-state index contributed by atoms with van der Waals surface area (Å²) in [5.74, 6) is 0. The van der Waals surface area contributed by atoms with Crippen LogP contribution in [0.4, 0.5) is 5.69 Å². The van der Waals surface area contributed by atoms with Gasteiger partial charge < -0.3 is 0 Å². The average Bonchev–Trinajstić information content (AvgIpc) is 2.65. The summed E-state index contributed by atoms with van der Waals surface area (Å²) in [5, 5.41) is 2.54. The zero-order valence-corrected chi connectivity index (χ0v) is 9.11. The Balaban J connectivity index is 2.43. The molecule has 1 aliphatic heterocycles. The SMILES string of the molecule is c1ccc2c3c(ccc2c1)[Te]ON3. The van der Waals surface area contributed by atoms with Crippen molar-refractivity contribution < 1.29 is 3.20 Å². The molecule has 0 atom stereocenters. The van der Waals surface area contributed by atoms with Gasteiger partial charge >= 0.3 is 86.5 Å². The third-order valence-corrected chi connectivity index (χ3v) is 4.13. The van der Waals surface area contributed by atoms with E-state index >= 15 is 0 Å². The van der Waals surface area contributed by atoms with Crippen molar-refractivity contribution in [2.75, 3.05) is 5.48 Å². The van der Waals surface area contributed by atoms with Crippen molar-refractivity contribution in [1.82, 2.24) is 0 Å². The first kappa shape index (κ1) is 7.63. The standard InChI is InChI=1S/C10H7NOTe/c1-2-4-8-7(3-1)5-6-9-10(8)11-12-13-9/h1-6,11H. The summed E-state index contributed by atoms with van der Waals surface area (Å²) in [4.78, 5) is 0. The minimum atomic E-state index is -0.433. The molecular formula is C10H7NOTe. The molecule has 0 aliphatic carbocycles. The molecule has 0 saturated heterocycles. The predicted molar refractivity (Wildman–Crippen MR) is 54.0 cm³/mol. The second kappa shape index (κ2) is 2.88. The summed E-state index contributed by atoms with van der Waals surface area (Å²) < 4.78 is 6.67. The van der Waals surface area contributed by atoms with Gasteiger partial charge in [0.2, 0.25) is 0 Å². The molecule has 0 amide bonds. The summed E-state index contributed by atoms with van der Waals surface area (Å²) in [5.41, 5.74) is 4.18. The van der Waals surface area contributed by atoms with Gasteiger partial charge in [-0.25, -0.2) is 0 Å². The van der Waals surface area contributed by atoms with Gasteiger partial charge in [0, 0.05) is 0 Å². The van der Waals surface area contributed by atoms with Crippen LogP contribution in [-0.2, 0) is 3.20 Å². The van der Waals surface area contributed by atoms with Crippen molar-refractivity contribution in [1.29, 1.82) is 0 Å². The molecule has 13 heavy (non-hydrogen) atoms. The van der Waals surface area contributed by atoms with Crippen LogP contribution in [0, 0.1) is 0 Å². The number of fused-ring (bicyclic) bond motifs is 3. The fourth-order valence-corrected chi connectivity index (χ4v) is 3.17. The molecule has 0 saturated carbocycles. The van der Waals surface area contributed by atoms with E-state index in [0.717, 1.165) is 0 Å². The Kier molecular flexibility index (Phi) is 1.69. The number of nitrogens with one attached hydrogen (secondary N) is 1. The molecule has 1 N–H and O–H groups in total. The number of hydrogen-bond acceptors (Lipinski definition) is 2. The summed E-state index contributed by atoms with van der Waals surface area (Å²) >= 11 is -0.433.